The van der Waals surface area contributed by atoms with E-state index in [4.69, 9.17) is 11.6 Å². The van der Waals surface area contributed by atoms with Crippen LogP contribution in [0.5, 0.6) is 0 Å². The van der Waals surface area contributed by atoms with Crippen molar-refractivity contribution < 1.29 is 5.11 Å². The number of anilines is 1. The normalized spacial score (nSPS) is 18.6. The molecule has 0 amide bonds. The van der Waals surface area contributed by atoms with Gasteiger partial charge in [0.25, 0.3) is 0 Å². The summed E-state index contributed by atoms with van der Waals surface area (Å²) in [5.41, 5.74) is 2.36. The van der Waals surface area contributed by atoms with E-state index in [0.29, 0.717) is 0 Å². The number of hydrogen-bond acceptors (Lipinski definition) is 2. The Hall–Kier alpha value is -0.730. The zero-order valence-electron chi connectivity index (χ0n) is 11.0. The van der Waals surface area contributed by atoms with Crippen molar-refractivity contribution in [1.82, 2.24) is 0 Å². The van der Waals surface area contributed by atoms with Gasteiger partial charge in [0.05, 0.1) is 6.61 Å². The fourth-order valence-corrected chi connectivity index (χ4v) is 3.03. The largest absolute Gasteiger partial charge is 0.396 e. The van der Waals surface area contributed by atoms with E-state index in [1.807, 2.05) is 18.2 Å². The highest BCUT2D eigenvalue weighted by Crippen LogP contribution is 2.36. The molecule has 1 aliphatic carbocycles. The molecule has 0 bridgehead atoms. The van der Waals surface area contributed by atoms with Gasteiger partial charge in [0.2, 0.25) is 0 Å². The van der Waals surface area contributed by atoms with Crippen molar-refractivity contribution >= 4 is 17.3 Å². The predicted molar refractivity (Wildman–Crippen MR) is 77.3 cm³/mol. The number of aliphatic hydroxyl groups is 1. The van der Waals surface area contributed by atoms with E-state index in [-0.39, 0.29) is 12.0 Å². The molecular weight excluding hydrogens is 246 g/mol. The number of rotatable bonds is 4. The molecule has 2 rings (SSSR count). The minimum absolute atomic E-state index is 0.0737. The second-order valence-corrected chi connectivity index (χ2v) is 5.97. The molecule has 1 aliphatic rings. The van der Waals surface area contributed by atoms with Crippen LogP contribution in [0.1, 0.15) is 37.7 Å². The Morgan fingerprint density at radius 2 is 2.00 bits per heavy atom. The third-order valence-electron chi connectivity index (χ3n) is 4.09. The van der Waals surface area contributed by atoms with Crippen LogP contribution in [0.15, 0.2) is 18.2 Å². The summed E-state index contributed by atoms with van der Waals surface area (Å²) in [6, 6.07) is 5.89. The SMILES string of the molecule is Cc1cc(Cl)ccc1NCC1(CO)CCCCC1. The van der Waals surface area contributed by atoms with Gasteiger partial charge in [-0.3, -0.25) is 0 Å². The third kappa shape index (κ3) is 3.18. The lowest BCUT2D eigenvalue weighted by atomic mass is 9.74. The molecule has 0 radical (unpaired) electrons. The van der Waals surface area contributed by atoms with E-state index in [2.05, 4.69) is 12.2 Å². The molecule has 0 saturated heterocycles. The Morgan fingerprint density at radius 1 is 1.28 bits per heavy atom. The first-order chi connectivity index (χ1) is 8.65. The fraction of sp³-hybridized carbons (Fsp3) is 0.600. The summed E-state index contributed by atoms with van der Waals surface area (Å²) in [4.78, 5) is 0. The highest BCUT2D eigenvalue weighted by molar-refractivity contribution is 6.30. The van der Waals surface area contributed by atoms with Crippen molar-refractivity contribution in [2.45, 2.75) is 39.0 Å². The molecule has 0 aliphatic heterocycles. The van der Waals surface area contributed by atoms with Gasteiger partial charge in [-0.05, 0) is 43.5 Å². The Morgan fingerprint density at radius 3 is 2.61 bits per heavy atom. The molecule has 2 nitrogen and oxygen atoms in total. The van der Waals surface area contributed by atoms with Crippen LogP contribution in [0.25, 0.3) is 0 Å². The fourth-order valence-electron chi connectivity index (χ4n) is 2.80. The van der Waals surface area contributed by atoms with Crippen LogP contribution in [0.3, 0.4) is 0 Å². The van der Waals surface area contributed by atoms with Crippen molar-refractivity contribution in [2.24, 2.45) is 5.41 Å². The Labute approximate surface area is 114 Å². The maximum Gasteiger partial charge on any atom is 0.0504 e. The zero-order valence-corrected chi connectivity index (χ0v) is 11.8. The molecule has 0 spiro atoms. The molecule has 0 unspecified atom stereocenters. The molecule has 100 valence electrons. The smallest absolute Gasteiger partial charge is 0.0504 e. The van der Waals surface area contributed by atoms with E-state index in [0.717, 1.165) is 35.7 Å². The molecule has 0 heterocycles. The second kappa shape index (κ2) is 5.94. The number of aliphatic hydroxyl groups excluding tert-OH is 1. The average Bonchev–Trinajstić information content (AvgIpc) is 2.39. The first kappa shape index (κ1) is 13.7. The van der Waals surface area contributed by atoms with E-state index < -0.39 is 0 Å². The standard InChI is InChI=1S/C15H22ClNO/c1-12-9-13(16)5-6-14(12)17-10-15(11-18)7-3-2-4-8-15/h5-6,9,17-18H,2-4,7-8,10-11H2,1H3. The number of benzene rings is 1. The highest BCUT2D eigenvalue weighted by atomic mass is 35.5. The summed E-state index contributed by atoms with van der Waals surface area (Å²) in [6.07, 6.45) is 6.04. The lowest BCUT2D eigenvalue weighted by molar-refractivity contribution is 0.0944. The van der Waals surface area contributed by atoms with Crippen molar-refractivity contribution in [3.63, 3.8) is 0 Å². The molecule has 2 N–H and O–H groups in total. The van der Waals surface area contributed by atoms with E-state index in [9.17, 15) is 5.11 Å². The van der Waals surface area contributed by atoms with Crippen LogP contribution < -0.4 is 5.32 Å². The molecular formula is C15H22ClNO. The lowest BCUT2D eigenvalue weighted by Crippen LogP contribution is -2.35. The quantitative estimate of drug-likeness (QED) is 0.864. The first-order valence-electron chi connectivity index (χ1n) is 6.76. The summed E-state index contributed by atoms with van der Waals surface area (Å²) < 4.78 is 0. The zero-order chi connectivity index (χ0) is 13.0. The number of nitrogens with one attached hydrogen (secondary N) is 1. The van der Waals surface area contributed by atoms with E-state index in [1.165, 1.54) is 19.3 Å². The van der Waals surface area contributed by atoms with Crippen LogP contribution >= 0.6 is 11.6 Å². The van der Waals surface area contributed by atoms with Crippen LogP contribution in [-0.4, -0.2) is 18.3 Å². The molecule has 1 saturated carbocycles. The monoisotopic (exact) mass is 267 g/mol. The Balaban J connectivity index is 2.01. The van der Waals surface area contributed by atoms with E-state index >= 15 is 0 Å². The van der Waals surface area contributed by atoms with Crippen molar-refractivity contribution in [2.75, 3.05) is 18.5 Å². The highest BCUT2D eigenvalue weighted by Gasteiger charge is 2.31. The van der Waals surface area contributed by atoms with Gasteiger partial charge in [-0.25, -0.2) is 0 Å². The average molecular weight is 268 g/mol. The van der Waals surface area contributed by atoms with Crippen molar-refractivity contribution in [1.29, 1.82) is 0 Å². The lowest BCUT2D eigenvalue weighted by Gasteiger charge is -2.36. The molecule has 3 heteroatoms. The van der Waals surface area contributed by atoms with Crippen molar-refractivity contribution in [3.05, 3.63) is 28.8 Å². The maximum absolute atomic E-state index is 9.67. The topological polar surface area (TPSA) is 32.3 Å². The number of aryl methyl sites for hydroxylation is 1. The van der Waals surface area contributed by atoms with Gasteiger partial charge in [0, 0.05) is 22.7 Å². The first-order valence-corrected chi connectivity index (χ1v) is 7.14. The molecule has 1 aromatic carbocycles. The summed E-state index contributed by atoms with van der Waals surface area (Å²) in [7, 11) is 0. The molecule has 18 heavy (non-hydrogen) atoms. The molecule has 1 aromatic rings. The van der Waals surface area contributed by atoms with Crippen LogP contribution in [-0.2, 0) is 0 Å². The van der Waals surface area contributed by atoms with Gasteiger partial charge in [-0.2, -0.15) is 0 Å². The summed E-state index contributed by atoms with van der Waals surface area (Å²) >= 11 is 5.95. The van der Waals surface area contributed by atoms with Crippen LogP contribution in [0, 0.1) is 12.3 Å². The predicted octanol–water partition coefficient (Wildman–Crippen LogP) is 4.00. The van der Waals surface area contributed by atoms with Gasteiger partial charge >= 0.3 is 0 Å². The Bertz CT molecular complexity index is 399. The van der Waals surface area contributed by atoms with Gasteiger partial charge < -0.3 is 10.4 Å². The molecule has 0 atom stereocenters. The molecule has 1 fully saturated rings. The minimum Gasteiger partial charge on any atom is -0.396 e. The Kier molecular flexibility index (Phi) is 4.52. The maximum atomic E-state index is 9.67. The minimum atomic E-state index is 0.0737. The number of hydrogen-bond donors (Lipinski definition) is 2. The van der Waals surface area contributed by atoms with Crippen LogP contribution in [0.4, 0.5) is 5.69 Å². The van der Waals surface area contributed by atoms with Gasteiger partial charge in [0.15, 0.2) is 0 Å². The van der Waals surface area contributed by atoms with E-state index in [1.54, 1.807) is 0 Å². The summed E-state index contributed by atoms with van der Waals surface area (Å²) in [5, 5.41) is 13.9. The van der Waals surface area contributed by atoms with Gasteiger partial charge in [-0.1, -0.05) is 30.9 Å². The van der Waals surface area contributed by atoms with Gasteiger partial charge in [-0.15, -0.1) is 0 Å². The third-order valence-corrected chi connectivity index (χ3v) is 4.33. The van der Waals surface area contributed by atoms with Gasteiger partial charge in [0.1, 0.15) is 0 Å². The van der Waals surface area contributed by atoms with Crippen LogP contribution in [0.2, 0.25) is 5.02 Å². The summed E-state index contributed by atoms with van der Waals surface area (Å²) in [6.45, 7) is 3.19. The van der Waals surface area contributed by atoms with Crippen molar-refractivity contribution in [3.8, 4) is 0 Å². The second-order valence-electron chi connectivity index (χ2n) is 5.53. The molecule has 0 aromatic heterocycles. The summed E-state index contributed by atoms with van der Waals surface area (Å²) in [5.74, 6) is 0. The number of halogens is 1.